The number of pyridine rings is 1. The molecule has 1 aliphatic carbocycles. The van der Waals surface area contributed by atoms with Crippen molar-refractivity contribution in [2.45, 2.75) is 24.7 Å². The molecule has 136 valence electrons. The number of carbonyl (C=O) groups is 2. The largest absolute Gasteiger partial charge is 0.452 e. The van der Waals surface area contributed by atoms with Crippen LogP contribution in [0.3, 0.4) is 0 Å². The number of carbonyl (C=O) groups excluding carboxylic acids is 2. The quantitative estimate of drug-likeness (QED) is 0.802. The van der Waals surface area contributed by atoms with Gasteiger partial charge in [-0.25, -0.2) is 4.79 Å². The van der Waals surface area contributed by atoms with E-state index in [1.54, 1.807) is 7.05 Å². The highest BCUT2D eigenvalue weighted by molar-refractivity contribution is 5.91. The number of aromatic nitrogens is 1. The monoisotopic (exact) mass is 354 g/mol. The highest BCUT2D eigenvalue weighted by Gasteiger charge is 2.38. The van der Waals surface area contributed by atoms with Crippen LogP contribution in [-0.2, 0) is 22.0 Å². The third-order valence-corrected chi connectivity index (χ3v) is 5.00. The van der Waals surface area contributed by atoms with Crippen molar-refractivity contribution in [3.63, 3.8) is 0 Å². The van der Waals surface area contributed by atoms with Crippen molar-refractivity contribution in [3.05, 3.63) is 70.1 Å². The summed E-state index contributed by atoms with van der Waals surface area (Å²) >= 11 is 0. The van der Waals surface area contributed by atoms with Gasteiger partial charge in [-0.1, -0.05) is 36.8 Å². The Bertz CT molecular complexity index is 854. The molecule has 1 saturated carbocycles. The number of ether oxygens (including phenoxy) is 1. The van der Waals surface area contributed by atoms with E-state index >= 15 is 0 Å². The molecule has 0 radical (unpaired) electrons. The first kappa shape index (κ1) is 17.9. The third kappa shape index (κ3) is 3.85. The van der Waals surface area contributed by atoms with E-state index in [0.717, 1.165) is 19.3 Å². The van der Waals surface area contributed by atoms with Gasteiger partial charge in [0.05, 0.1) is 5.56 Å². The van der Waals surface area contributed by atoms with E-state index in [2.05, 4.69) is 17.4 Å². The fourth-order valence-corrected chi connectivity index (χ4v) is 3.17. The first-order valence-corrected chi connectivity index (χ1v) is 8.66. The van der Waals surface area contributed by atoms with Gasteiger partial charge in [-0.2, -0.15) is 0 Å². The highest BCUT2D eigenvalue weighted by Crippen LogP contribution is 2.43. The lowest BCUT2D eigenvalue weighted by molar-refractivity contribution is -0.124. The number of aryl methyl sites for hydroxylation is 1. The molecule has 26 heavy (non-hydrogen) atoms. The zero-order valence-corrected chi connectivity index (χ0v) is 14.7. The van der Waals surface area contributed by atoms with Gasteiger partial charge < -0.3 is 14.6 Å². The predicted molar refractivity (Wildman–Crippen MR) is 96.9 cm³/mol. The molecule has 6 nitrogen and oxygen atoms in total. The van der Waals surface area contributed by atoms with Gasteiger partial charge in [-0.05, 0) is 24.5 Å². The molecule has 0 unspecified atom stereocenters. The van der Waals surface area contributed by atoms with Crippen LogP contribution in [0.1, 0.15) is 35.2 Å². The lowest BCUT2D eigenvalue weighted by Crippen LogP contribution is -2.46. The van der Waals surface area contributed by atoms with Crippen LogP contribution in [0.5, 0.6) is 0 Å². The van der Waals surface area contributed by atoms with Crippen molar-refractivity contribution in [1.82, 2.24) is 9.88 Å². The van der Waals surface area contributed by atoms with E-state index in [1.165, 1.54) is 28.5 Å². The van der Waals surface area contributed by atoms with Gasteiger partial charge in [0, 0.05) is 31.3 Å². The van der Waals surface area contributed by atoms with Crippen LogP contribution in [0.15, 0.2) is 53.5 Å². The third-order valence-electron chi connectivity index (χ3n) is 5.00. The van der Waals surface area contributed by atoms with E-state index in [4.69, 9.17) is 4.74 Å². The molecular weight excluding hydrogens is 332 g/mol. The summed E-state index contributed by atoms with van der Waals surface area (Å²) in [4.78, 5) is 35.6. The molecule has 6 heteroatoms. The highest BCUT2D eigenvalue weighted by atomic mass is 16.5. The maximum atomic E-state index is 12.1. The van der Waals surface area contributed by atoms with Crippen molar-refractivity contribution in [2.75, 3.05) is 13.2 Å². The minimum atomic E-state index is -0.681. The molecule has 3 rings (SSSR count). The number of nitrogens with one attached hydrogen (secondary N) is 1. The number of benzene rings is 1. The van der Waals surface area contributed by atoms with Crippen molar-refractivity contribution >= 4 is 11.9 Å². The number of nitrogens with zero attached hydrogens (tertiary/aromatic N) is 1. The summed E-state index contributed by atoms with van der Waals surface area (Å²) in [5.74, 6) is -1.02. The van der Waals surface area contributed by atoms with Crippen LogP contribution in [0.2, 0.25) is 0 Å². The standard InChI is InChI=1S/C20H22N2O4/c1-22-11-8-15(12-18(22)24)19(25)26-13-17(23)21-14-20(9-5-10-20)16-6-3-2-4-7-16/h2-4,6-8,11-12H,5,9-10,13-14H2,1H3,(H,21,23). The molecule has 0 aliphatic heterocycles. The van der Waals surface area contributed by atoms with E-state index in [-0.39, 0.29) is 29.1 Å². The maximum Gasteiger partial charge on any atom is 0.338 e. The van der Waals surface area contributed by atoms with Crippen LogP contribution < -0.4 is 10.9 Å². The Morgan fingerprint density at radius 2 is 1.92 bits per heavy atom. The zero-order valence-electron chi connectivity index (χ0n) is 14.7. The molecule has 0 saturated heterocycles. The second kappa shape index (κ2) is 7.56. The molecule has 1 N–H and O–H groups in total. The molecule has 0 atom stereocenters. The number of esters is 1. The van der Waals surface area contributed by atoms with Gasteiger partial charge in [0.1, 0.15) is 0 Å². The Kier molecular flexibility index (Phi) is 5.21. The molecular formula is C20H22N2O4. The molecule has 1 aliphatic rings. The Morgan fingerprint density at radius 1 is 1.19 bits per heavy atom. The minimum Gasteiger partial charge on any atom is -0.452 e. The van der Waals surface area contributed by atoms with Gasteiger partial charge >= 0.3 is 5.97 Å². The summed E-state index contributed by atoms with van der Waals surface area (Å²) in [6.45, 7) is 0.165. The SMILES string of the molecule is Cn1ccc(C(=O)OCC(=O)NCC2(c3ccccc3)CCC2)cc1=O. The summed E-state index contributed by atoms with van der Waals surface area (Å²) in [5.41, 5.74) is 1.04. The minimum absolute atomic E-state index is 0.0213. The molecule has 1 aromatic heterocycles. The summed E-state index contributed by atoms with van der Waals surface area (Å²) < 4.78 is 6.36. The Hall–Kier alpha value is -2.89. The Labute approximate surface area is 151 Å². The average molecular weight is 354 g/mol. The Balaban J connectivity index is 1.52. The molecule has 0 spiro atoms. The van der Waals surface area contributed by atoms with Crippen LogP contribution in [0.25, 0.3) is 0 Å². The second-order valence-electron chi connectivity index (χ2n) is 6.72. The maximum absolute atomic E-state index is 12.1. The average Bonchev–Trinajstić information content (AvgIpc) is 2.62. The van der Waals surface area contributed by atoms with Gasteiger partial charge in [0.2, 0.25) is 0 Å². The van der Waals surface area contributed by atoms with Crippen LogP contribution >= 0.6 is 0 Å². The van der Waals surface area contributed by atoms with E-state index in [0.29, 0.717) is 6.54 Å². The lowest BCUT2D eigenvalue weighted by Gasteiger charge is -2.42. The van der Waals surface area contributed by atoms with Crippen molar-refractivity contribution in [2.24, 2.45) is 7.05 Å². The van der Waals surface area contributed by atoms with E-state index < -0.39 is 5.97 Å². The summed E-state index contributed by atoms with van der Waals surface area (Å²) in [7, 11) is 1.59. The molecule has 2 aromatic rings. The van der Waals surface area contributed by atoms with Crippen LogP contribution in [-0.4, -0.2) is 29.6 Å². The summed E-state index contributed by atoms with van der Waals surface area (Å²) in [6.07, 6.45) is 4.69. The van der Waals surface area contributed by atoms with Gasteiger partial charge in [0.15, 0.2) is 6.61 Å². The van der Waals surface area contributed by atoms with Crippen LogP contribution in [0, 0.1) is 0 Å². The van der Waals surface area contributed by atoms with Gasteiger partial charge in [0.25, 0.3) is 11.5 Å². The fourth-order valence-electron chi connectivity index (χ4n) is 3.17. The van der Waals surface area contributed by atoms with Crippen molar-refractivity contribution in [3.8, 4) is 0 Å². The summed E-state index contributed by atoms with van der Waals surface area (Å²) in [5, 5.41) is 2.87. The summed E-state index contributed by atoms with van der Waals surface area (Å²) in [6, 6.07) is 12.8. The fraction of sp³-hybridized carbons (Fsp3) is 0.350. The Morgan fingerprint density at radius 3 is 2.54 bits per heavy atom. The molecule has 1 fully saturated rings. The number of amides is 1. The van der Waals surface area contributed by atoms with Gasteiger partial charge in [-0.3, -0.25) is 9.59 Å². The normalized spacial score (nSPS) is 15.0. The topological polar surface area (TPSA) is 77.4 Å². The second-order valence-corrected chi connectivity index (χ2v) is 6.72. The van der Waals surface area contributed by atoms with Crippen molar-refractivity contribution < 1.29 is 14.3 Å². The molecule has 1 heterocycles. The van der Waals surface area contributed by atoms with E-state index in [1.807, 2.05) is 18.2 Å². The zero-order chi connectivity index (χ0) is 18.6. The number of rotatable bonds is 6. The van der Waals surface area contributed by atoms with Gasteiger partial charge in [-0.15, -0.1) is 0 Å². The smallest absolute Gasteiger partial charge is 0.338 e. The van der Waals surface area contributed by atoms with E-state index in [9.17, 15) is 14.4 Å². The lowest BCUT2D eigenvalue weighted by atomic mass is 9.64. The number of hydrogen-bond acceptors (Lipinski definition) is 4. The first-order valence-electron chi connectivity index (χ1n) is 8.66. The number of hydrogen-bond donors (Lipinski definition) is 1. The first-order chi connectivity index (χ1) is 12.5. The predicted octanol–water partition coefficient (Wildman–Crippen LogP) is 1.78. The van der Waals surface area contributed by atoms with Crippen LogP contribution in [0.4, 0.5) is 0 Å². The molecule has 0 bridgehead atoms. The molecule has 1 amide bonds. The van der Waals surface area contributed by atoms with Crippen molar-refractivity contribution in [1.29, 1.82) is 0 Å². The molecule has 1 aromatic carbocycles.